The minimum absolute atomic E-state index is 0. The van der Waals surface area contributed by atoms with E-state index in [1.807, 2.05) is 66.9 Å². The van der Waals surface area contributed by atoms with E-state index < -0.39 is 66.3 Å². The van der Waals surface area contributed by atoms with Gasteiger partial charge in [-0.1, -0.05) is 210 Å². The van der Waals surface area contributed by atoms with Gasteiger partial charge in [0.25, 0.3) is 6.33 Å². The van der Waals surface area contributed by atoms with Crippen LogP contribution in [0.15, 0.2) is 218 Å². The minimum atomic E-state index is -0.921. The van der Waals surface area contributed by atoms with Gasteiger partial charge in [0, 0.05) is 51.2 Å². The standard InChI is InChI=1S/C69H56N4O.Pt/c1-6-47(7-2)60-44-67(70-45-62(60)51-33-36-53(37-34-51)69(3,4)5)73-63-40-35-52(48-21-11-8-12-22-48)41-61(63)59-39-38-56(43-66(59)73)74-55-28-19-27-54(42-55)71-46-72(65-32-18-17-31-64(65)71)68-57(49-23-13-9-14-24-49)29-20-30-58(68)50-25-15-10-16-26-50;/h8-41,44-45,47H,6-7H2,1-5H3;/q-2;/i9D,10D,13D,14D,15D,16D,23D,24D,25D,26D,47D;. The van der Waals surface area contributed by atoms with Crippen molar-refractivity contribution in [1.82, 2.24) is 14.1 Å². The van der Waals surface area contributed by atoms with Gasteiger partial charge < -0.3 is 13.9 Å². The molecule has 9 aromatic carbocycles. The topological polar surface area (TPSA) is 35.9 Å². The van der Waals surface area contributed by atoms with Crippen molar-refractivity contribution in [3.8, 4) is 73.2 Å². The molecule has 0 saturated carbocycles. The summed E-state index contributed by atoms with van der Waals surface area (Å²) in [5.74, 6) is 0.416. The van der Waals surface area contributed by atoms with Crippen LogP contribution in [-0.2, 0) is 26.5 Å². The molecule has 0 fully saturated rings. The normalized spacial score (nSPS) is 13.9. The van der Waals surface area contributed by atoms with E-state index in [4.69, 9.17) is 23.4 Å². The summed E-state index contributed by atoms with van der Waals surface area (Å²) >= 11 is 0. The molecule has 0 aliphatic rings. The van der Waals surface area contributed by atoms with E-state index in [1.54, 1.807) is 39.5 Å². The largest absolute Gasteiger partial charge is 0.510 e. The van der Waals surface area contributed by atoms with E-state index in [2.05, 4.69) is 118 Å². The van der Waals surface area contributed by atoms with Crippen molar-refractivity contribution < 1.29 is 45.4 Å². The first-order chi connectivity index (χ1) is 40.7. The molecule has 12 rings (SSSR count). The first kappa shape index (κ1) is 37.6. The minimum Gasteiger partial charge on any atom is -0.510 e. The molecule has 0 radical (unpaired) electrons. The van der Waals surface area contributed by atoms with E-state index in [0.717, 1.165) is 44.1 Å². The average Bonchev–Trinajstić information content (AvgIpc) is 1.46. The van der Waals surface area contributed by atoms with Gasteiger partial charge in [-0.15, -0.1) is 29.7 Å². The number of imidazole rings is 1. The van der Waals surface area contributed by atoms with E-state index in [9.17, 15) is 1.37 Å². The number of hydrogen-bond donors (Lipinski definition) is 0. The van der Waals surface area contributed by atoms with Crippen LogP contribution in [-0.4, -0.2) is 14.1 Å². The summed E-state index contributed by atoms with van der Waals surface area (Å²) in [4.78, 5) is 5.20. The molecule has 0 atom stereocenters. The molecule has 75 heavy (non-hydrogen) atoms. The molecule has 3 heterocycles. The molecule has 5 nitrogen and oxygen atoms in total. The van der Waals surface area contributed by atoms with Gasteiger partial charge >= 0.3 is 0 Å². The van der Waals surface area contributed by atoms with Crippen LogP contribution < -0.4 is 9.30 Å². The van der Waals surface area contributed by atoms with Gasteiger partial charge in [0.1, 0.15) is 5.82 Å². The first-order valence-electron chi connectivity index (χ1n) is 30.3. The van der Waals surface area contributed by atoms with Gasteiger partial charge in [-0.25, -0.2) is 4.98 Å². The van der Waals surface area contributed by atoms with Crippen LogP contribution in [0.2, 0.25) is 0 Å². The van der Waals surface area contributed by atoms with Crippen LogP contribution in [0.1, 0.15) is 79.6 Å². The summed E-state index contributed by atoms with van der Waals surface area (Å²) in [6.07, 6.45) is 6.50. The van der Waals surface area contributed by atoms with E-state index in [-0.39, 0.29) is 54.4 Å². The van der Waals surface area contributed by atoms with Crippen molar-refractivity contribution in [2.45, 2.75) is 58.8 Å². The fourth-order valence-corrected chi connectivity index (χ4v) is 10.0. The van der Waals surface area contributed by atoms with E-state index >= 15 is 0 Å². The van der Waals surface area contributed by atoms with Crippen molar-refractivity contribution in [1.29, 1.82) is 0 Å². The van der Waals surface area contributed by atoms with Crippen molar-refractivity contribution in [3.63, 3.8) is 0 Å². The fraction of sp³-hybridized carbons (Fsp3) is 0.130. The molecule has 12 aromatic rings. The molecule has 0 spiro atoms. The Morgan fingerprint density at radius 3 is 1.95 bits per heavy atom. The molecule has 0 unspecified atom stereocenters. The zero-order valence-electron chi connectivity index (χ0n) is 52.9. The molecule has 370 valence electrons. The van der Waals surface area contributed by atoms with Crippen molar-refractivity contribution in [2.24, 2.45) is 0 Å². The Kier molecular flexibility index (Phi) is 10.4. The number of pyridine rings is 1. The first-order valence-corrected chi connectivity index (χ1v) is 24.8. The van der Waals surface area contributed by atoms with Crippen LogP contribution >= 0.6 is 0 Å². The number of hydrogen-bond acceptors (Lipinski definition) is 2. The third-order valence-corrected chi connectivity index (χ3v) is 13.7. The third kappa shape index (κ3) is 9.32. The second-order valence-electron chi connectivity index (χ2n) is 19.2. The number of benzene rings is 9. The Bertz CT molecular complexity index is 4520. The number of para-hydroxylation sites is 3. The molecule has 0 aliphatic heterocycles. The van der Waals surface area contributed by atoms with Gasteiger partial charge in [-0.3, -0.25) is 4.57 Å². The molecular weight excluding hydrogens is 1100 g/mol. The summed E-state index contributed by atoms with van der Waals surface area (Å²) in [6, 6.07) is 50.3. The van der Waals surface area contributed by atoms with Crippen LogP contribution in [0, 0.1) is 18.5 Å². The Morgan fingerprint density at radius 1 is 0.600 bits per heavy atom. The fourth-order valence-electron chi connectivity index (χ4n) is 10.0. The molecule has 6 heteroatoms. The average molecular weight is 1160 g/mol. The monoisotopic (exact) mass is 1160 g/mol. The van der Waals surface area contributed by atoms with Crippen LogP contribution in [0.3, 0.4) is 0 Å². The zero-order chi connectivity index (χ0) is 60.0. The Hall–Kier alpha value is -8.11. The number of rotatable bonds is 12. The summed E-state index contributed by atoms with van der Waals surface area (Å²) in [5.41, 5.74) is 9.37. The van der Waals surface area contributed by atoms with Gasteiger partial charge in [0.15, 0.2) is 0 Å². The van der Waals surface area contributed by atoms with Crippen molar-refractivity contribution >= 4 is 32.8 Å². The molecule has 3 aromatic heterocycles. The molecule has 0 bridgehead atoms. The maximum Gasteiger partial charge on any atom is 0.268 e. The van der Waals surface area contributed by atoms with Crippen LogP contribution in [0.5, 0.6) is 11.5 Å². The maximum absolute atomic E-state index is 9.91. The number of ether oxygens (including phenoxy) is 1. The van der Waals surface area contributed by atoms with Crippen molar-refractivity contribution in [3.05, 3.63) is 248 Å². The van der Waals surface area contributed by atoms with Crippen LogP contribution in [0.25, 0.3) is 94.5 Å². The molecule has 0 aliphatic carbocycles. The van der Waals surface area contributed by atoms with Crippen LogP contribution in [0.4, 0.5) is 0 Å². The third-order valence-electron chi connectivity index (χ3n) is 13.7. The Morgan fingerprint density at radius 2 is 1.25 bits per heavy atom. The van der Waals surface area contributed by atoms with Gasteiger partial charge in [-0.05, 0) is 97.4 Å². The summed E-state index contributed by atoms with van der Waals surface area (Å²) in [6.45, 7) is 10.7. The number of fused-ring (bicyclic) bond motifs is 4. The maximum atomic E-state index is 9.91. The quantitative estimate of drug-likeness (QED) is 0.0903. The molecule has 0 N–H and O–H groups in total. The summed E-state index contributed by atoms with van der Waals surface area (Å²) in [5, 5.41) is 1.89. The molecular formula is C69H56N4OPt-2. The zero-order valence-corrected chi connectivity index (χ0v) is 44.2. The summed E-state index contributed by atoms with van der Waals surface area (Å²) in [7, 11) is 0. The Balaban J connectivity index is 0.00000768. The molecule has 0 saturated heterocycles. The van der Waals surface area contributed by atoms with Gasteiger partial charge in [0.2, 0.25) is 0 Å². The van der Waals surface area contributed by atoms with Crippen molar-refractivity contribution in [2.75, 3.05) is 0 Å². The number of aromatic nitrogens is 4. The SMILES string of the molecule is [2H]c1c([2H])c([2H])c(-c2cccc(-c3c([2H])c([2H])c([2H])c([2H])c3[2H])c2-[n+]2[c-]n(-c3[c-]c(Oc4[c-]c5c(cc4)c4cc(-c6ccccc6)ccc4n5-c4cc(C([2H])(CC)CC)c(-c5ccc(C(C)(C)C)cc5)cn4)ccc3)c3ccccc32)c([2H])c1[2H].[Pt]. The predicted octanol–water partition coefficient (Wildman–Crippen LogP) is 17.5. The van der Waals surface area contributed by atoms with E-state index in [1.165, 1.54) is 5.56 Å². The Labute approximate surface area is 470 Å². The van der Waals surface area contributed by atoms with E-state index in [0.29, 0.717) is 52.4 Å². The smallest absolute Gasteiger partial charge is 0.268 e. The predicted molar refractivity (Wildman–Crippen MR) is 304 cm³/mol. The molecule has 0 amide bonds. The van der Waals surface area contributed by atoms with Gasteiger partial charge in [-0.2, -0.15) is 18.2 Å². The summed E-state index contributed by atoms with van der Waals surface area (Å²) < 4.78 is 110. The second-order valence-corrected chi connectivity index (χ2v) is 19.2. The van der Waals surface area contributed by atoms with Gasteiger partial charge in [0.05, 0.1) is 30.4 Å². The number of nitrogens with zero attached hydrogens (tertiary/aromatic N) is 4. The second kappa shape index (κ2) is 20.7.